The molecule has 1 aromatic carbocycles. The molecule has 1 aromatic rings. The quantitative estimate of drug-likeness (QED) is 0.347. The highest BCUT2D eigenvalue weighted by atomic mass is 32.2. The second kappa shape index (κ2) is 12.3. The van der Waals surface area contributed by atoms with Crippen LogP contribution in [0.1, 0.15) is 59.4 Å². The summed E-state index contributed by atoms with van der Waals surface area (Å²) in [5.41, 5.74) is 1.01. The number of fused-ring (bicyclic) bond motifs is 1. The fraction of sp³-hybridized carbons (Fsp3) is 0.606. The highest BCUT2D eigenvalue weighted by molar-refractivity contribution is 8.02. The van der Waals surface area contributed by atoms with Crippen LogP contribution in [0.2, 0.25) is 0 Å². The Balaban J connectivity index is 1.80. The van der Waals surface area contributed by atoms with Crippen LogP contribution in [0.3, 0.4) is 0 Å². The Bertz CT molecular complexity index is 1160. The van der Waals surface area contributed by atoms with E-state index in [1.165, 1.54) is 0 Å². The summed E-state index contributed by atoms with van der Waals surface area (Å²) in [6.07, 6.45) is 5.46. The maximum atomic E-state index is 14.6. The van der Waals surface area contributed by atoms with Gasteiger partial charge in [-0.2, -0.15) is 0 Å². The predicted octanol–water partition coefficient (Wildman–Crippen LogP) is 4.51. The lowest BCUT2D eigenvalue weighted by atomic mass is 9.66. The Kier molecular flexibility index (Phi) is 9.44. The summed E-state index contributed by atoms with van der Waals surface area (Å²) in [4.78, 5) is 48.9. The Morgan fingerprint density at radius 1 is 1.10 bits per heavy atom. The number of likely N-dealkylation sites (tertiary alicyclic amines) is 1. The molecular weight excluding hydrogens is 534 g/mol. The first-order valence-electron chi connectivity index (χ1n) is 14.9. The molecule has 8 heteroatoms. The zero-order valence-electron chi connectivity index (χ0n) is 25.3. The van der Waals surface area contributed by atoms with Crippen molar-refractivity contribution in [2.24, 2.45) is 17.8 Å². The van der Waals surface area contributed by atoms with Crippen LogP contribution < -0.4 is 0 Å². The molecule has 3 amide bonds. The number of nitrogens with zero attached hydrogens (tertiary/aromatic N) is 3. The minimum Gasteiger partial charge on any atom is -0.394 e. The van der Waals surface area contributed by atoms with Crippen molar-refractivity contribution in [3.63, 3.8) is 0 Å². The van der Waals surface area contributed by atoms with Crippen LogP contribution >= 0.6 is 11.8 Å². The molecule has 3 saturated heterocycles. The number of carbonyl (C=O) groups excluding carboxylic acids is 3. The summed E-state index contributed by atoms with van der Waals surface area (Å²) in [7, 11) is 0. The van der Waals surface area contributed by atoms with E-state index in [1.54, 1.807) is 38.6 Å². The molecule has 224 valence electrons. The van der Waals surface area contributed by atoms with E-state index in [2.05, 4.69) is 33.9 Å². The summed E-state index contributed by atoms with van der Waals surface area (Å²) < 4.78 is -1.19. The Morgan fingerprint density at radius 2 is 1.76 bits per heavy atom. The van der Waals surface area contributed by atoms with Gasteiger partial charge in [0.15, 0.2) is 0 Å². The minimum absolute atomic E-state index is 0.0621. The van der Waals surface area contributed by atoms with E-state index in [9.17, 15) is 19.5 Å². The average molecular weight is 582 g/mol. The molecule has 1 N–H and O–H groups in total. The summed E-state index contributed by atoms with van der Waals surface area (Å²) >= 11 is 1.68. The van der Waals surface area contributed by atoms with Crippen LogP contribution in [0.5, 0.6) is 0 Å². The third-order valence-electron chi connectivity index (χ3n) is 9.17. The van der Waals surface area contributed by atoms with Crippen LogP contribution in [0.4, 0.5) is 0 Å². The largest absolute Gasteiger partial charge is 0.394 e. The zero-order chi connectivity index (χ0) is 30.1. The van der Waals surface area contributed by atoms with Gasteiger partial charge in [-0.15, -0.1) is 24.9 Å². The van der Waals surface area contributed by atoms with E-state index in [4.69, 9.17) is 0 Å². The number of aliphatic hydroxyl groups excluding tert-OH is 1. The minimum atomic E-state index is -0.746. The lowest BCUT2D eigenvalue weighted by molar-refractivity contribution is -0.148. The van der Waals surface area contributed by atoms with Gasteiger partial charge in [0.25, 0.3) is 0 Å². The van der Waals surface area contributed by atoms with E-state index in [0.717, 1.165) is 12.0 Å². The molecule has 1 spiro atoms. The van der Waals surface area contributed by atoms with Crippen molar-refractivity contribution < 1.29 is 19.5 Å². The van der Waals surface area contributed by atoms with Gasteiger partial charge < -0.3 is 19.8 Å². The number of aliphatic hydroxyl groups is 1. The number of benzene rings is 1. The van der Waals surface area contributed by atoms with Crippen molar-refractivity contribution in [1.29, 1.82) is 0 Å². The number of rotatable bonds is 13. The van der Waals surface area contributed by atoms with Crippen LogP contribution in [0.15, 0.2) is 55.6 Å². The van der Waals surface area contributed by atoms with Crippen molar-refractivity contribution in [2.75, 3.05) is 19.7 Å². The molecule has 41 heavy (non-hydrogen) atoms. The summed E-state index contributed by atoms with van der Waals surface area (Å²) in [5, 5.41) is 10.6. The van der Waals surface area contributed by atoms with Crippen molar-refractivity contribution in [3.8, 4) is 0 Å². The van der Waals surface area contributed by atoms with Gasteiger partial charge in [0.1, 0.15) is 6.04 Å². The third kappa shape index (κ3) is 5.50. The SMILES string of the molecule is C=CCN(Cc1ccccc1)C(=O)[C@H]1[C@H]2C(=O)N([C@@H](CO)CC(C)C)C(C(=O)N(CC=C)C(C)C)C23CC[C@]1(C)S3. The topological polar surface area (TPSA) is 81.2 Å². The molecule has 3 aliphatic heterocycles. The van der Waals surface area contributed by atoms with Gasteiger partial charge in [0, 0.05) is 30.4 Å². The first-order chi connectivity index (χ1) is 19.5. The summed E-state index contributed by atoms with van der Waals surface area (Å²) in [6.45, 7) is 18.9. The molecule has 0 aliphatic carbocycles. The molecule has 7 nitrogen and oxygen atoms in total. The lowest BCUT2D eigenvalue weighted by Gasteiger charge is -2.41. The molecular formula is C33H47N3O4S. The molecule has 2 bridgehead atoms. The van der Waals surface area contributed by atoms with Gasteiger partial charge >= 0.3 is 0 Å². The smallest absolute Gasteiger partial charge is 0.247 e. The van der Waals surface area contributed by atoms with Crippen molar-refractivity contribution >= 4 is 29.5 Å². The van der Waals surface area contributed by atoms with Crippen molar-refractivity contribution in [3.05, 3.63) is 61.2 Å². The molecule has 2 unspecified atom stereocenters. The van der Waals surface area contributed by atoms with Crippen LogP contribution in [-0.4, -0.2) is 84.8 Å². The molecule has 0 radical (unpaired) electrons. The van der Waals surface area contributed by atoms with E-state index < -0.39 is 33.4 Å². The van der Waals surface area contributed by atoms with Crippen LogP contribution in [0.25, 0.3) is 0 Å². The Morgan fingerprint density at radius 3 is 2.32 bits per heavy atom. The first-order valence-corrected chi connectivity index (χ1v) is 15.8. The fourth-order valence-corrected chi connectivity index (χ4v) is 9.80. The number of amides is 3. The lowest BCUT2D eigenvalue weighted by Crippen LogP contribution is -2.58. The third-order valence-corrected chi connectivity index (χ3v) is 11.2. The molecule has 6 atom stereocenters. The predicted molar refractivity (Wildman–Crippen MR) is 165 cm³/mol. The van der Waals surface area contributed by atoms with Gasteiger partial charge in [-0.25, -0.2) is 0 Å². The fourth-order valence-electron chi connectivity index (χ4n) is 7.47. The van der Waals surface area contributed by atoms with Crippen molar-refractivity contribution in [1.82, 2.24) is 14.7 Å². The van der Waals surface area contributed by atoms with Gasteiger partial charge in [0.2, 0.25) is 17.7 Å². The number of hydrogen-bond acceptors (Lipinski definition) is 5. The molecule has 3 heterocycles. The van der Waals surface area contributed by atoms with Gasteiger partial charge in [-0.3, -0.25) is 14.4 Å². The maximum Gasteiger partial charge on any atom is 0.247 e. The van der Waals surface area contributed by atoms with Gasteiger partial charge in [-0.05, 0) is 51.5 Å². The van der Waals surface area contributed by atoms with Crippen LogP contribution in [0, 0.1) is 17.8 Å². The van der Waals surface area contributed by atoms with Crippen LogP contribution in [-0.2, 0) is 20.9 Å². The highest BCUT2D eigenvalue weighted by Crippen LogP contribution is 2.72. The van der Waals surface area contributed by atoms with Gasteiger partial charge in [-0.1, -0.05) is 56.3 Å². The van der Waals surface area contributed by atoms with Crippen molar-refractivity contribution in [2.45, 2.75) is 88.0 Å². The number of hydrogen-bond donors (Lipinski definition) is 1. The van der Waals surface area contributed by atoms with E-state index in [1.807, 2.05) is 44.2 Å². The van der Waals surface area contributed by atoms with Gasteiger partial charge in [0.05, 0.1) is 29.2 Å². The van der Waals surface area contributed by atoms with E-state index >= 15 is 0 Å². The monoisotopic (exact) mass is 581 g/mol. The Labute approximate surface area is 250 Å². The molecule has 3 fully saturated rings. The second-order valence-corrected chi connectivity index (χ2v) is 14.7. The maximum absolute atomic E-state index is 14.6. The number of thioether (sulfide) groups is 1. The molecule has 0 saturated carbocycles. The summed E-state index contributed by atoms with van der Waals surface area (Å²) in [6, 6.07) is 8.53. The second-order valence-electron chi connectivity index (χ2n) is 12.8. The Hall–Kier alpha value is -2.58. The molecule has 4 rings (SSSR count). The molecule has 0 aromatic heterocycles. The summed E-state index contributed by atoms with van der Waals surface area (Å²) in [5.74, 6) is -1.32. The van der Waals surface area contributed by atoms with E-state index in [0.29, 0.717) is 32.5 Å². The first kappa shape index (κ1) is 31.4. The number of carbonyl (C=O) groups is 3. The normalized spacial score (nSPS) is 29.1. The molecule has 3 aliphatic rings. The highest BCUT2D eigenvalue weighted by Gasteiger charge is 2.78. The average Bonchev–Trinajstić information content (AvgIpc) is 3.50. The zero-order valence-corrected chi connectivity index (χ0v) is 26.1. The van der Waals surface area contributed by atoms with E-state index in [-0.39, 0.29) is 36.3 Å². The standard InChI is InChI=1S/C33H47N3O4S/c1-8-17-34(20-24-13-11-10-12-14-24)29(38)26-27-30(39)36(25(21-37)19-22(3)4)28(31(40)35(18-9-2)23(5)6)33(27)16-15-32(26,7)41-33/h8-14,22-23,25-28,37H,1-2,15-21H2,3-7H3/t25-,26-,27+,28?,32+,33?/m1/s1.